The number of nitrogens with one attached hydrogen (secondary N) is 1. The quantitative estimate of drug-likeness (QED) is 0.0433. The van der Waals surface area contributed by atoms with E-state index in [1.54, 1.807) is 130 Å². The van der Waals surface area contributed by atoms with E-state index in [0.717, 1.165) is 28.3 Å². The van der Waals surface area contributed by atoms with E-state index in [1.165, 1.54) is 67.7 Å². The van der Waals surface area contributed by atoms with Crippen molar-refractivity contribution in [3.05, 3.63) is 248 Å². The number of benzene rings is 9. The van der Waals surface area contributed by atoms with E-state index in [4.69, 9.17) is 21.5 Å². The molecule has 1 aliphatic carbocycles. The molecule has 11 rings (SSSR count). The van der Waals surface area contributed by atoms with Gasteiger partial charge in [0, 0.05) is 100.0 Å². The summed E-state index contributed by atoms with van der Waals surface area (Å²) in [5.74, 6) is -8.84. The van der Waals surface area contributed by atoms with E-state index in [1.807, 2.05) is 61.5 Å². The summed E-state index contributed by atoms with van der Waals surface area (Å²) in [5.41, 5.74) is 4.93. The molecule has 23 heteroatoms. The first kappa shape index (κ1) is 77.7. The first-order valence-electron chi connectivity index (χ1n) is 35.5. The lowest BCUT2D eigenvalue weighted by Gasteiger charge is -2.38. The van der Waals surface area contributed by atoms with Crippen molar-refractivity contribution in [1.82, 2.24) is 10.2 Å². The fourth-order valence-corrected chi connectivity index (χ4v) is 18.0. The Labute approximate surface area is 623 Å². The fourth-order valence-electron chi connectivity index (χ4n) is 14.3. The Morgan fingerprint density at radius 1 is 0.425 bits per heavy atom. The highest BCUT2D eigenvalue weighted by Crippen LogP contribution is 2.57. The number of amides is 1. The molecule has 1 amide bonds. The Morgan fingerprint density at radius 2 is 0.726 bits per heavy atom. The minimum Gasteiger partial charge on any atom is -0.508 e. The summed E-state index contributed by atoms with van der Waals surface area (Å²) in [6.07, 6.45) is 0.444. The van der Waals surface area contributed by atoms with Crippen LogP contribution in [-0.2, 0) is 51.8 Å². The Kier molecular flexibility index (Phi) is 22.9. The highest BCUT2D eigenvalue weighted by Gasteiger charge is 2.42. The van der Waals surface area contributed by atoms with Gasteiger partial charge in [-0.05, 0) is 155 Å². The molecule has 0 radical (unpaired) electrons. The summed E-state index contributed by atoms with van der Waals surface area (Å²) in [6, 6.07) is 42.0. The van der Waals surface area contributed by atoms with E-state index in [2.05, 4.69) is 5.32 Å². The lowest BCUT2D eigenvalue weighted by molar-refractivity contribution is -0.128. The predicted octanol–water partition coefficient (Wildman–Crippen LogP) is 16.8. The molecule has 0 saturated carbocycles. The average molecular weight is 1520 g/mol. The van der Waals surface area contributed by atoms with Crippen LogP contribution >= 0.6 is 0 Å². The number of carbonyl (C=O) groups is 1. The number of hydrogen-bond acceptors (Lipinski definition) is 18. The Balaban J connectivity index is 1.35. The van der Waals surface area contributed by atoms with Gasteiger partial charge in [-0.3, -0.25) is 9.69 Å². The molecule has 560 valence electrons. The molecule has 0 spiro atoms. The Hall–Kier alpha value is -9.39. The highest BCUT2D eigenvalue weighted by atomic mass is 32.2. The number of phenols is 3. The van der Waals surface area contributed by atoms with Crippen LogP contribution in [0.15, 0.2) is 189 Å². The minimum atomic E-state index is -4.88. The molecule has 5 atom stereocenters. The van der Waals surface area contributed by atoms with Gasteiger partial charge in [-0.15, -0.1) is 0 Å². The van der Waals surface area contributed by atoms with Crippen LogP contribution in [0.2, 0.25) is 0 Å². The van der Waals surface area contributed by atoms with E-state index >= 15 is 33.7 Å². The molecule has 106 heavy (non-hydrogen) atoms. The summed E-state index contributed by atoms with van der Waals surface area (Å²) < 4.78 is 154. The van der Waals surface area contributed by atoms with Gasteiger partial charge in [-0.25, -0.2) is 0 Å². The number of aromatic hydroxyl groups is 3. The number of ether oxygens (including phenoxy) is 1. The third kappa shape index (κ3) is 16.9. The van der Waals surface area contributed by atoms with Crippen LogP contribution in [0.25, 0.3) is 0 Å². The maximum absolute atomic E-state index is 15.3. The summed E-state index contributed by atoms with van der Waals surface area (Å²) in [6.45, 7) is 22.2. The van der Waals surface area contributed by atoms with Crippen molar-refractivity contribution in [1.29, 1.82) is 0 Å². The van der Waals surface area contributed by atoms with Gasteiger partial charge in [0.25, 0.3) is 0 Å². The SMILES string of the molecule is CNC(=O)[C@H](c1ccccc1)N1COc2c3cc(c(O)c2C1)[C@@H](CC(C)C)c1cc(c(OS(=O)(=O)c2ccc(C)cc2)cc1OS(=O)(=O)c1ccc(C)cc1)[C@@H](CC(C)C)c1cc(c(O)cc1O)[C@@H](CC(C)C)c1cc(c(OS(=O)(=O)c2ccc(C)cc2)cc1OS(=O)(=O)c1ccc(C)cc1)[C@H]3CC(C)C. The molecular formula is C83H92N2O17S4. The van der Waals surface area contributed by atoms with Gasteiger partial charge in [-0.2, -0.15) is 33.7 Å². The zero-order chi connectivity index (χ0) is 76.6. The zero-order valence-corrected chi connectivity index (χ0v) is 65.0. The molecule has 9 aromatic rings. The van der Waals surface area contributed by atoms with Gasteiger partial charge in [0.2, 0.25) is 5.91 Å². The lowest BCUT2D eigenvalue weighted by atomic mass is 9.74. The summed E-state index contributed by atoms with van der Waals surface area (Å²) in [7, 11) is -18.0. The average Bonchev–Trinajstić information content (AvgIpc) is 0.719. The van der Waals surface area contributed by atoms with Gasteiger partial charge in [0.1, 0.15) is 55.4 Å². The smallest absolute Gasteiger partial charge is 0.339 e. The minimum absolute atomic E-state index is 0.0907. The van der Waals surface area contributed by atoms with Crippen LogP contribution in [0.1, 0.15) is 189 Å². The number of nitrogens with zero attached hydrogens (tertiary/aromatic N) is 1. The second kappa shape index (κ2) is 31.2. The fraction of sp³-hybridized carbons (Fsp3) is 0.337. The van der Waals surface area contributed by atoms with Crippen molar-refractivity contribution in [3.63, 3.8) is 0 Å². The maximum Gasteiger partial charge on any atom is 0.339 e. The van der Waals surface area contributed by atoms with Crippen LogP contribution in [0.4, 0.5) is 0 Å². The monoisotopic (exact) mass is 1520 g/mol. The maximum atomic E-state index is 15.3. The normalized spacial score (nSPS) is 16.7. The van der Waals surface area contributed by atoms with Crippen molar-refractivity contribution in [2.75, 3.05) is 13.8 Å². The van der Waals surface area contributed by atoms with Crippen molar-refractivity contribution >= 4 is 46.4 Å². The van der Waals surface area contributed by atoms with Gasteiger partial charge in [-0.1, -0.05) is 157 Å². The van der Waals surface area contributed by atoms with E-state index < -0.39 is 105 Å². The Morgan fingerprint density at radius 3 is 1.05 bits per heavy atom. The molecule has 0 unspecified atom stereocenters. The van der Waals surface area contributed by atoms with Crippen molar-refractivity contribution in [2.24, 2.45) is 23.7 Å². The third-order valence-electron chi connectivity index (χ3n) is 19.4. The summed E-state index contributed by atoms with van der Waals surface area (Å²) in [4.78, 5) is 15.2. The zero-order valence-electron chi connectivity index (χ0n) is 61.7. The number of rotatable bonds is 23. The lowest BCUT2D eigenvalue weighted by Crippen LogP contribution is -2.43. The van der Waals surface area contributed by atoms with Crippen LogP contribution in [0.3, 0.4) is 0 Å². The number of hydrogen-bond donors (Lipinski definition) is 4. The molecule has 4 N–H and O–H groups in total. The first-order chi connectivity index (χ1) is 50.0. The van der Waals surface area contributed by atoms with Crippen LogP contribution in [-0.4, -0.2) is 73.6 Å². The van der Waals surface area contributed by atoms with Gasteiger partial charge in [0.05, 0.1) is 5.56 Å². The highest BCUT2D eigenvalue weighted by molar-refractivity contribution is 7.88. The molecule has 0 saturated heterocycles. The topological polar surface area (TPSA) is 276 Å². The van der Waals surface area contributed by atoms with Crippen molar-refractivity contribution in [3.8, 4) is 46.0 Å². The van der Waals surface area contributed by atoms with Crippen LogP contribution in [0, 0.1) is 51.4 Å². The summed E-state index contributed by atoms with van der Waals surface area (Å²) in [5, 5.41) is 42.3. The molecule has 0 aromatic heterocycles. The molecule has 9 aromatic carbocycles. The molecule has 1 heterocycles. The number of aryl methyl sites for hydroxylation is 4. The number of carbonyl (C=O) groups excluding carboxylic acids is 1. The third-order valence-corrected chi connectivity index (χ3v) is 24.4. The molecule has 1 aliphatic heterocycles. The largest absolute Gasteiger partial charge is 0.508 e. The second-order valence-electron chi connectivity index (χ2n) is 29.6. The van der Waals surface area contributed by atoms with Crippen LogP contribution in [0.5, 0.6) is 46.0 Å². The number of likely N-dealkylation sites (N-methyl/N-ethyl adjacent to an activating group) is 1. The molecule has 19 nitrogen and oxygen atoms in total. The van der Waals surface area contributed by atoms with Crippen molar-refractivity contribution in [2.45, 2.75) is 165 Å². The molecule has 2 aliphatic rings. The number of phenolic OH excluding ortho intramolecular Hbond substituents is 3. The van der Waals surface area contributed by atoms with Gasteiger partial charge < -0.3 is 42.1 Å². The molecular weight excluding hydrogens is 1430 g/mol. The van der Waals surface area contributed by atoms with Crippen LogP contribution < -0.4 is 26.8 Å². The van der Waals surface area contributed by atoms with E-state index in [0.29, 0.717) is 11.1 Å². The number of fused-ring (bicyclic) bond motifs is 10. The molecule has 0 fully saturated rings. The van der Waals surface area contributed by atoms with Gasteiger partial charge >= 0.3 is 40.5 Å². The first-order valence-corrected chi connectivity index (χ1v) is 41.1. The Bertz CT molecular complexity index is 5220. The van der Waals surface area contributed by atoms with Crippen molar-refractivity contribution < 1.29 is 75.3 Å². The standard InChI is InChI=1S/C83H92N2O17S4/c1-48(2)35-61-65-39-66(75(87)43-74(65)86)62(36-49(3)4)68-41-70(79(102-106(96,97)60-33-25-55(12)26-34-60)45-77(68)100-104(92,93)58-29-21-53(10)22-30-58)64(38-51(7)8)72-42-71(81(88)73-46-85(47-98-82(72)73)80(83(89)84-13)56-17-15-14-16-18-56)63(37-50(5)6)69-40-67(61)76(99-103(90,91)57-27-19-52(9)20-28-57)44-78(69)101-105(94,95)59-31-23-54(11)24-32-59/h14-34,39-45,48-51,61-64,80,86-88H,35-38,46-47H2,1-13H3,(H,84,89)/t61-,62+,63-,64+,80-/m0/s1. The second-order valence-corrected chi connectivity index (χ2v) is 35.8. The van der Waals surface area contributed by atoms with E-state index in [9.17, 15) is 20.1 Å². The van der Waals surface area contributed by atoms with Gasteiger partial charge in [0.15, 0.2) is 23.0 Å². The predicted molar refractivity (Wildman–Crippen MR) is 406 cm³/mol. The molecule has 8 bridgehead atoms. The summed E-state index contributed by atoms with van der Waals surface area (Å²) >= 11 is 0. The van der Waals surface area contributed by atoms with E-state index in [-0.39, 0.29) is 144 Å².